The maximum Gasteiger partial charge on any atom is 0.274 e. The van der Waals surface area contributed by atoms with Crippen LogP contribution < -0.4 is 5.32 Å². The van der Waals surface area contributed by atoms with E-state index in [0.29, 0.717) is 11.4 Å². The molecule has 1 saturated heterocycles. The van der Waals surface area contributed by atoms with Crippen molar-refractivity contribution in [3.63, 3.8) is 0 Å². The highest BCUT2D eigenvalue weighted by molar-refractivity contribution is 5.92. The number of benzene rings is 1. The summed E-state index contributed by atoms with van der Waals surface area (Å²) in [6.45, 7) is 1.69. The number of likely N-dealkylation sites (N-methyl/N-ethyl adjacent to an activating group) is 1. The van der Waals surface area contributed by atoms with Crippen LogP contribution in [-0.4, -0.2) is 51.7 Å². The Morgan fingerprint density at radius 1 is 1.48 bits per heavy atom. The zero-order chi connectivity index (χ0) is 16.4. The molecule has 0 spiro atoms. The van der Waals surface area contributed by atoms with Crippen molar-refractivity contribution >= 4 is 11.6 Å². The molecule has 0 bridgehead atoms. The molecule has 0 saturated carbocycles. The Morgan fingerprint density at radius 2 is 2.30 bits per heavy atom. The van der Waals surface area contributed by atoms with E-state index in [9.17, 15) is 14.9 Å². The van der Waals surface area contributed by atoms with E-state index in [0.717, 1.165) is 19.5 Å². The summed E-state index contributed by atoms with van der Waals surface area (Å²) in [4.78, 5) is 24.5. The fourth-order valence-corrected chi connectivity index (χ4v) is 2.65. The Morgan fingerprint density at radius 3 is 3.00 bits per heavy atom. The Balaban J connectivity index is 1.81. The Bertz CT molecular complexity index is 736. The Kier molecular flexibility index (Phi) is 4.07. The fraction of sp³-hybridized carbons (Fsp3) is 0.333. The second-order valence-corrected chi connectivity index (χ2v) is 5.49. The van der Waals surface area contributed by atoms with E-state index in [2.05, 4.69) is 10.4 Å². The fourth-order valence-electron chi connectivity index (χ4n) is 2.65. The van der Waals surface area contributed by atoms with Gasteiger partial charge >= 0.3 is 0 Å². The van der Waals surface area contributed by atoms with E-state index in [1.54, 1.807) is 36.3 Å². The number of carbonyl (C=O) groups is 1. The number of non-ortho nitro benzene ring substituents is 1. The minimum Gasteiger partial charge on any atom is -0.336 e. The number of nitro benzene ring substituents is 1. The Labute approximate surface area is 132 Å². The monoisotopic (exact) mass is 315 g/mol. The molecule has 1 fully saturated rings. The molecule has 8 heteroatoms. The second-order valence-electron chi connectivity index (χ2n) is 5.49. The molecule has 2 heterocycles. The molecule has 1 aliphatic rings. The summed E-state index contributed by atoms with van der Waals surface area (Å²) in [6.07, 6.45) is 2.56. The number of nitro groups is 1. The topological polar surface area (TPSA) is 93.3 Å². The van der Waals surface area contributed by atoms with Gasteiger partial charge in [0.1, 0.15) is 0 Å². The summed E-state index contributed by atoms with van der Waals surface area (Å²) in [7, 11) is 1.77. The van der Waals surface area contributed by atoms with Crippen molar-refractivity contribution in [2.45, 2.75) is 12.5 Å². The molecular weight excluding hydrogens is 298 g/mol. The van der Waals surface area contributed by atoms with Crippen molar-refractivity contribution < 1.29 is 9.72 Å². The first-order chi connectivity index (χ1) is 11.1. The predicted octanol–water partition coefficient (Wildman–Crippen LogP) is 1.21. The van der Waals surface area contributed by atoms with Crippen LogP contribution in [0.4, 0.5) is 5.69 Å². The molecular formula is C15H17N5O3. The molecule has 120 valence electrons. The number of carbonyl (C=O) groups excluding carboxylic acids is 1. The van der Waals surface area contributed by atoms with E-state index in [4.69, 9.17) is 0 Å². The van der Waals surface area contributed by atoms with Gasteiger partial charge < -0.3 is 10.2 Å². The summed E-state index contributed by atoms with van der Waals surface area (Å²) in [5.41, 5.74) is 0.856. The van der Waals surface area contributed by atoms with Crippen molar-refractivity contribution in [2.75, 3.05) is 20.1 Å². The number of rotatable bonds is 4. The third-order valence-electron chi connectivity index (χ3n) is 4.02. The summed E-state index contributed by atoms with van der Waals surface area (Å²) < 4.78 is 1.47. The molecule has 8 nitrogen and oxygen atoms in total. The molecule has 1 N–H and O–H groups in total. The van der Waals surface area contributed by atoms with Gasteiger partial charge in [0.25, 0.3) is 11.6 Å². The molecule has 1 aliphatic heterocycles. The molecule has 0 aliphatic carbocycles. The van der Waals surface area contributed by atoms with E-state index in [-0.39, 0.29) is 17.6 Å². The molecule has 23 heavy (non-hydrogen) atoms. The highest BCUT2D eigenvalue weighted by Crippen LogP contribution is 2.17. The van der Waals surface area contributed by atoms with Crippen LogP contribution in [0.1, 0.15) is 16.9 Å². The highest BCUT2D eigenvalue weighted by Gasteiger charge is 2.25. The van der Waals surface area contributed by atoms with Crippen molar-refractivity contribution in [2.24, 2.45) is 0 Å². The van der Waals surface area contributed by atoms with Crippen LogP contribution in [0.2, 0.25) is 0 Å². The van der Waals surface area contributed by atoms with E-state index in [1.807, 2.05) is 0 Å². The van der Waals surface area contributed by atoms with E-state index >= 15 is 0 Å². The zero-order valence-corrected chi connectivity index (χ0v) is 12.7. The lowest BCUT2D eigenvalue weighted by Crippen LogP contribution is -2.38. The first-order valence-electron chi connectivity index (χ1n) is 7.34. The summed E-state index contributed by atoms with van der Waals surface area (Å²) in [6, 6.07) is 7.93. The van der Waals surface area contributed by atoms with Gasteiger partial charge in [0, 0.05) is 38.0 Å². The normalized spacial score (nSPS) is 17.2. The maximum absolute atomic E-state index is 12.5. The average molecular weight is 315 g/mol. The SMILES string of the molecule is CN(C(=O)c1ccn(-c2cccc([N+](=O)[O-])c2)n1)C1CCNC1. The van der Waals surface area contributed by atoms with Gasteiger partial charge in [-0.15, -0.1) is 0 Å². The van der Waals surface area contributed by atoms with Gasteiger partial charge in [-0.05, 0) is 25.1 Å². The van der Waals surface area contributed by atoms with Gasteiger partial charge in [0.05, 0.1) is 10.6 Å². The van der Waals surface area contributed by atoms with Gasteiger partial charge in [0.15, 0.2) is 5.69 Å². The molecule has 0 radical (unpaired) electrons. The highest BCUT2D eigenvalue weighted by atomic mass is 16.6. The smallest absolute Gasteiger partial charge is 0.274 e. The zero-order valence-electron chi connectivity index (χ0n) is 12.7. The second kappa shape index (κ2) is 6.17. The summed E-state index contributed by atoms with van der Waals surface area (Å²) in [5.74, 6) is -0.150. The van der Waals surface area contributed by atoms with E-state index < -0.39 is 4.92 Å². The van der Waals surface area contributed by atoms with Gasteiger partial charge in [0.2, 0.25) is 0 Å². The number of amides is 1. The lowest BCUT2D eigenvalue weighted by Gasteiger charge is -2.22. The lowest BCUT2D eigenvalue weighted by molar-refractivity contribution is -0.384. The van der Waals surface area contributed by atoms with Gasteiger partial charge in [-0.25, -0.2) is 4.68 Å². The number of nitrogens with zero attached hydrogens (tertiary/aromatic N) is 4. The van der Waals surface area contributed by atoms with Crippen molar-refractivity contribution in [3.05, 3.63) is 52.3 Å². The van der Waals surface area contributed by atoms with Crippen molar-refractivity contribution in [1.82, 2.24) is 20.0 Å². The summed E-state index contributed by atoms with van der Waals surface area (Å²) in [5, 5.41) is 18.3. The molecule has 1 amide bonds. The van der Waals surface area contributed by atoms with Crippen LogP contribution in [-0.2, 0) is 0 Å². The Hall–Kier alpha value is -2.74. The molecule has 1 aromatic carbocycles. The van der Waals surface area contributed by atoms with Crippen molar-refractivity contribution in [1.29, 1.82) is 0 Å². The van der Waals surface area contributed by atoms with Gasteiger partial charge in [-0.3, -0.25) is 14.9 Å². The van der Waals surface area contributed by atoms with Crippen LogP contribution in [0.5, 0.6) is 0 Å². The van der Waals surface area contributed by atoms with Crippen LogP contribution in [0.15, 0.2) is 36.5 Å². The molecule has 3 rings (SSSR count). The predicted molar refractivity (Wildman–Crippen MR) is 83.6 cm³/mol. The largest absolute Gasteiger partial charge is 0.336 e. The quantitative estimate of drug-likeness (QED) is 0.676. The minimum atomic E-state index is -0.458. The molecule has 2 aromatic rings. The summed E-state index contributed by atoms with van der Waals surface area (Å²) >= 11 is 0. The molecule has 1 aromatic heterocycles. The number of nitrogens with one attached hydrogen (secondary N) is 1. The van der Waals surface area contributed by atoms with Gasteiger partial charge in [-0.2, -0.15) is 5.10 Å². The van der Waals surface area contributed by atoms with Crippen molar-refractivity contribution in [3.8, 4) is 5.69 Å². The van der Waals surface area contributed by atoms with Crippen LogP contribution in [0, 0.1) is 10.1 Å². The van der Waals surface area contributed by atoms with Crippen LogP contribution >= 0.6 is 0 Å². The molecule has 1 atom stereocenters. The first-order valence-corrected chi connectivity index (χ1v) is 7.34. The maximum atomic E-state index is 12.5. The number of hydrogen-bond donors (Lipinski definition) is 1. The number of hydrogen-bond acceptors (Lipinski definition) is 5. The van der Waals surface area contributed by atoms with Gasteiger partial charge in [-0.1, -0.05) is 6.07 Å². The number of aromatic nitrogens is 2. The lowest BCUT2D eigenvalue weighted by atomic mass is 10.2. The van der Waals surface area contributed by atoms with E-state index in [1.165, 1.54) is 16.8 Å². The minimum absolute atomic E-state index is 0.0139. The first kappa shape index (κ1) is 15.2. The van der Waals surface area contributed by atoms with Crippen LogP contribution in [0.3, 0.4) is 0 Å². The standard InChI is InChI=1S/C15H17N5O3/c1-18(13-5-7-16-10-13)15(21)14-6-8-19(17-14)11-3-2-4-12(9-11)20(22)23/h2-4,6,8-9,13,16H,5,7,10H2,1H3. The molecule has 1 unspecified atom stereocenters. The third-order valence-corrected chi connectivity index (χ3v) is 4.02. The van der Waals surface area contributed by atoms with Crippen LogP contribution in [0.25, 0.3) is 5.69 Å². The third kappa shape index (κ3) is 3.07. The average Bonchev–Trinajstić information content (AvgIpc) is 3.25.